The maximum Gasteiger partial charge on any atom is 0.337 e. The number of methoxy groups -OCH3 is 1. The average Bonchev–Trinajstić information content (AvgIpc) is 2.81. The van der Waals surface area contributed by atoms with Crippen LogP contribution in [-0.4, -0.2) is 29.2 Å². The molecule has 0 atom stereocenters. The van der Waals surface area contributed by atoms with Gasteiger partial charge in [-0.15, -0.1) is 0 Å². The van der Waals surface area contributed by atoms with E-state index in [0.29, 0.717) is 28.8 Å². The van der Waals surface area contributed by atoms with Crippen molar-refractivity contribution in [3.8, 4) is 0 Å². The number of carbonyl (C=O) groups is 2. The number of ether oxygens (including phenoxy) is 1. The summed E-state index contributed by atoms with van der Waals surface area (Å²) < 4.78 is 4.72. The number of carbonyl (C=O) groups excluding carboxylic acids is 2. The summed E-state index contributed by atoms with van der Waals surface area (Å²) in [7, 11) is 1.34. The molecule has 3 aromatic rings. The van der Waals surface area contributed by atoms with Crippen molar-refractivity contribution in [2.24, 2.45) is 5.92 Å². The number of anilines is 1. The van der Waals surface area contributed by atoms with E-state index in [-0.39, 0.29) is 23.4 Å². The molecule has 168 valence electrons. The van der Waals surface area contributed by atoms with Crippen molar-refractivity contribution >= 4 is 28.3 Å². The molecule has 0 bridgehead atoms. The van der Waals surface area contributed by atoms with Gasteiger partial charge < -0.3 is 10.1 Å². The number of hydrogen-bond donors (Lipinski definition) is 2. The lowest BCUT2D eigenvalue weighted by Crippen LogP contribution is -2.23. The van der Waals surface area contributed by atoms with E-state index in [1.54, 1.807) is 24.3 Å². The number of benzene rings is 2. The van der Waals surface area contributed by atoms with Gasteiger partial charge in [0.25, 0.3) is 5.56 Å². The maximum absolute atomic E-state index is 12.7. The van der Waals surface area contributed by atoms with Gasteiger partial charge in [0.1, 0.15) is 0 Å². The van der Waals surface area contributed by atoms with Crippen LogP contribution in [0, 0.1) is 5.92 Å². The lowest BCUT2D eigenvalue weighted by atomic mass is 9.97. The summed E-state index contributed by atoms with van der Waals surface area (Å²) in [5.74, 6) is -0.428. The fourth-order valence-corrected chi connectivity index (χ4v) is 3.85. The van der Waals surface area contributed by atoms with Crippen molar-refractivity contribution in [3.63, 3.8) is 0 Å². The Morgan fingerprint density at radius 1 is 1.03 bits per heavy atom. The summed E-state index contributed by atoms with van der Waals surface area (Å²) in [4.78, 5) is 36.7. The Kier molecular flexibility index (Phi) is 7.76. The van der Waals surface area contributed by atoms with Gasteiger partial charge in [-0.05, 0) is 42.7 Å². The van der Waals surface area contributed by atoms with Gasteiger partial charge in [-0.25, -0.2) is 9.89 Å². The molecule has 0 aliphatic rings. The highest BCUT2D eigenvalue weighted by atomic mass is 16.5. The quantitative estimate of drug-likeness (QED) is 0.484. The van der Waals surface area contributed by atoms with Crippen LogP contribution < -0.4 is 10.9 Å². The molecule has 2 N–H and O–H groups in total. The van der Waals surface area contributed by atoms with Gasteiger partial charge >= 0.3 is 5.97 Å². The van der Waals surface area contributed by atoms with Crippen LogP contribution in [0.5, 0.6) is 0 Å². The van der Waals surface area contributed by atoms with Crippen molar-refractivity contribution in [2.75, 3.05) is 12.4 Å². The van der Waals surface area contributed by atoms with E-state index in [0.717, 1.165) is 36.6 Å². The molecule has 2 aromatic carbocycles. The number of esters is 1. The predicted molar refractivity (Wildman–Crippen MR) is 125 cm³/mol. The molecule has 0 fully saturated rings. The van der Waals surface area contributed by atoms with Gasteiger partial charge in [-0.3, -0.25) is 9.59 Å². The second kappa shape index (κ2) is 10.7. The lowest BCUT2D eigenvalue weighted by molar-refractivity contribution is -0.120. The third-order valence-corrected chi connectivity index (χ3v) is 5.53. The number of aromatic nitrogens is 2. The molecule has 0 saturated heterocycles. The molecule has 0 unspecified atom stereocenters. The second-order valence-electron chi connectivity index (χ2n) is 7.89. The minimum Gasteiger partial charge on any atom is -0.465 e. The Morgan fingerprint density at radius 2 is 1.72 bits per heavy atom. The van der Waals surface area contributed by atoms with Gasteiger partial charge in [0.2, 0.25) is 5.91 Å². The average molecular weight is 436 g/mol. The van der Waals surface area contributed by atoms with E-state index < -0.39 is 0 Å². The second-order valence-corrected chi connectivity index (χ2v) is 7.89. The smallest absolute Gasteiger partial charge is 0.337 e. The van der Waals surface area contributed by atoms with Crippen LogP contribution >= 0.6 is 0 Å². The van der Waals surface area contributed by atoms with Crippen molar-refractivity contribution in [1.82, 2.24) is 10.2 Å². The van der Waals surface area contributed by atoms with E-state index in [1.165, 1.54) is 7.11 Å². The summed E-state index contributed by atoms with van der Waals surface area (Å²) in [6.45, 7) is 4.14. The molecule has 0 radical (unpaired) electrons. The number of nitrogens with zero attached hydrogens (tertiary/aromatic N) is 1. The lowest BCUT2D eigenvalue weighted by Gasteiger charge is -2.15. The normalized spacial score (nSPS) is 11.0. The van der Waals surface area contributed by atoms with Gasteiger partial charge in [-0.1, -0.05) is 44.9 Å². The highest BCUT2D eigenvalue weighted by molar-refractivity contribution is 5.96. The van der Waals surface area contributed by atoms with Gasteiger partial charge in [0.05, 0.1) is 23.8 Å². The Balaban J connectivity index is 1.85. The minimum absolute atomic E-state index is 0.00976. The molecule has 0 spiro atoms. The first kappa shape index (κ1) is 23.2. The topological polar surface area (TPSA) is 101 Å². The van der Waals surface area contributed by atoms with Crippen molar-refractivity contribution in [1.29, 1.82) is 0 Å². The van der Waals surface area contributed by atoms with E-state index in [1.807, 2.05) is 18.2 Å². The van der Waals surface area contributed by atoms with Crippen LogP contribution in [0.3, 0.4) is 0 Å². The molecular weight excluding hydrogens is 406 g/mol. The molecule has 1 amide bonds. The zero-order valence-corrected chi connectivity index (χ0v) is 18.7. The fourth-order valence-electron chi connectivity index (χ4n) is 3.85. The molecule has 0 saturated carbocycles. The zero-order valence-electron chi connectivity index (χ0n) is 18.7. The summed E-state index contributed by atoms with van der Waals surface area (Å²) in [5, 5.41) is 10.9. The SMILES string of the molecule is CCCC(CCC)C(=O)Nc1ccc2c(Cc3ccc(C(=O)OC)cc3)n[nH]c(=O)c2c1. The molecule has 7 heteroatoms. The van der Waals surface area contributed by atoms with Crippen LogP contribution in [0.1, 0.15) is 61.1 Å². The molecule has 7 nitrogen and oxygen atoms in total. The van der Waals surface area contributed by atoms with Crippen molar-refractivity contribution < 1.29 is 14.3 Å². The van der Waals surface area contributed by atoms with Crippen LogP contribution in [0.15, 0.2) is 47.3 Å². The van der Waals surface area contributed by atoms with E-state index in [9.17, 15) is 14.4 Å². The summed E-state index contributed by atoms with van der Waals surface area (Å²) >= 11 is 0. The Labute approximate surface area is 187 Å². The monoisotopic (exact) mass is 435 g/mol. The maximum atomic E-state index is 12.7. The minimum atomic E-state index is -0.390. The highest BCUT2D eigenvalue weighted by Gasteiger charge is 2.17. The highest BCUT2D eigenvalue weighted by Crippen LogP contribution is 2.22. The van der Waals surface area contributed by atoms with Gasteiger partial charge in [-0.2, -0.15) is 5.10 Å². The fraction of sp³-hybridized carbons (Fsp3) is 0.360. The first-order valence-electron chi connectivity index (χ1n) is 11.0. The van der Waals surface area contributed by atoms with Crippen LogP contribution in [0.2, 0.25) is 0 Å². The number of aromatic amines is 1. The third kappa shape index (κ3) is 5.41. The standard InChI is InChI=1S/C25H29N3O4/c1-4-6-17(7-5-2)23(29)26-19-12-13-20-21(15-19)24(30)28-27-22(20)14-16-8-10-18(11-9-16)25(31)32-3/h8-13,15,17H,4-7,14H2,1-3H3,(H,26,29)(H,28,30). The van der Waals surface area contributed by atoms with Crippen LogP contribution in [0.25, 0.3) is 10.8 Å². The predicted octanol–water partition coefficient (Wildman–Crippen LogP) is 4.46. The van der Waals surface area contributed by atoms with Gasteiger partial charge in [0, 0.05) is 23.4 Å². The van der Waals surface area contributed by atoms with E-state index in [4.69, 9.17) is 4.74 Å². The molecule has 0 aliphatic heterocycles. The molecular formula is C25H29N3O4. The van der Waals surface area contributed by atoms with Crippen LogP contribution in [0.4, 0.5) is 5.69 Å². The Morgan fingerprint density at radius 3 is 2.34 bits per heavy atom. The Hall–Kier alpha value is -3.48. The number of hydrogen-bond acceptors (Lipinski definition) is 5. The number of rotatable bonds is 9. The molecule has 1 heterocycles. The summed E-state index contributed by atoms with van der Waals surface area (Å²) in [6, 6.07) is 12.4. The molecule has 32 heavy (non-hydrogen) atoms. The van der Waals surface area contributed by atoms with Crippen LogP contribution in [-0.2, 0) is 16.0 Å². The van der Waals surface area contributed by atoms with E-state index in [2.05, 4.69) is 29.4 Å². The first-order chi connectivity index (χ1) is 15.5. The zero-order chi connectivity index (χ0) is 23.1. The molecule has 1 aromatic heterocycles. The first-order valence-corrected chi connectivity index (χ1v) is 11.0. The number of nitrogens with one attached hydrogen (secondary N) is 2. The Bertz CT molecular complexity index is 1150. The largest absolute Gasteiger partial charge is 0.465 e. The third-order valence-electron chi connectivity index (χ3n) is 5.53. The van der Waals surface area contributed by atoms with Gasteiger partial charge in [0.15, 0.2) is 0 Å². The number of amides is 1. The molecule has 3 rings (SSSR count). The summed E-state index contributed by atoms with van der Waals surface area (Å²) in [5.41, 5.74) is 2.42. The van der Waals surface area contributed by atoms with Crippen molar-refractivity contribution in [3.05, 3.63) is 69.6 Å². The number of H-pyrrole nitrogens is 1. The molecule has 0 aliphatic carbocycles. The summed E-state index contributed by atoms with van der Waals surface area (Å²) in [6.07, 6.45) is 4.07. The number of fused-ring (bicyclic) bond motifs is 1. The van der Waals surface area contributed by atoms with Crippen molar-refractivity contribution in [2.45, 2.75) is 46.0 Å². The van der Waals surface area contributed by atoms with E-state index >= 15 is 0 Å².